The zero-order valence-electron chi connectivity index (χ0n) is 18.6. The molecule has 6 heteroatoms. The van der Waals surface area contributed by atoms with Gasteiger partial charge in [-0.15, -0.1) is 0 Å². The maximum Gasteiger partial charge on any atom is 0.295 e. The van der Waals surface area contributed by atoms with E-state index < -0.39 is 17.7 Å². The highest BCUT2D eigenvalue weighted by atomic mass is 35.5. The Labute approximate surface area is 193 Å². The summed E-state index contributed by atoms with van der Waals surface area (Å²) in [4.78, 5) is 28.1. The molecule has 2 aromatic rings. The van der Waals surface area contributed by atoms with E-state index in [-0.39, 0.29) is 17.4 Å². The van der Waals surface area contributed by atoms with Gasteiger partial charge in [-0.05, 0) is 48.1 Å². The molecule has 168 valence electrons. The number of aliphatic hydroxyl groups excluding tert-OH is 1. The van der Waals surface area contributed by atoms with Crippen molar-refractivity contribution in [2.75, 3.05) is 7.11 Å². The van der Waals surface area contributed by atoms with E-state index in [0.717, 1.165) is 31.2 Å². The minimum atomic E-state index is -0.652. The normalized spacial score (nSPS) is 21.0. The standard InChI is InChI=1S/C26H28ClNO4/c1-15(2)16-8-10-17(11-9-16)23-22(24(29)18-12-13-20(27)21(14-18)32-3)25(30)26(31)28(23)19-6-4-5-7-19/h8-15,19,23,29H,4-7H2,1-3H3/b24-22-. The maximum absolute atomic E-state index is 13.2. The van der Waals surface area contributed by atoms with Gasteiger partial charge in [-0.3, -0.25) is 9.59 Å². The Hall–Kier alpha value is -2.79. The number of carbonyl (C=O) groups is 2. The molecule has 1 saturated heterocycles. The molecule has 1 unspecified atom stereocenters. The van der Waals surface area contributed by atoms with Crippen LogP contribution >= 0.6 is 11.6 Å². The summed E-state index contributed by atoms with van der Waals surface area (Å²) in [6, 6.07) is 12.2. The Bertz CT molecular complexity index is 1070. The second-order valence-corrected chi connectivity index (χ2v) is 9.22. The molecule has 5 nitrogen and oxygen atoms in total. The van der Waals surface area contributed by atoms with Crippen molar-refractivity contribution in [3.63, 3.8) is 0 Å². The number of benzene rings is 2. The van der Waals surface area contributed by atoms with Crippen LogP contribution in [0, 0.1) is 0 Å². The second-order valence-electron chi connectivity index (χ2n) is 8.82. The minimum absolute atomic E-state index is 0.00807. The van der Waals surface area contributed by atoms with Crippen LogP contribution in [0.25, 0.3) is 5.76 Å². The first-order valence-electron chi connectivity index (χ1n) is 11.1. The van der Waals surface area contributed by atoms with Crippen molar-refractivity contribution in [2.24, 2.45) is 0 Å². The van der Waals surface area contributed by atoms with E-state index in [2.05, 4.69) is 13.8 Å². The molecule has 1 saturated carbocycles. The summed E-state index contributed by atoms with van der Waals surface area (Å²) < 4.78 is 5.27. The molecule has 0 spiro atoms. The molecule has 1 N–H and O–H groups in total. The number of hydrogen-bond donors (Lipinski definition) is 1. The quantitative estimate of drug-likeness (QED) is 0.351. The van der Waals surface area contributed by atoms with Gasteiger partial charge >= 0.3 is 0 Å². The zero-order chi connectivity index (χ0) is 23.0. The molecule has 2 fully saturated rings. The number of halogens is 1. The van der Waals surface area contributed by atoms with Crippen molar-refractivity contribution in [1.82, 2.24) is 4.90 Å². The van der Waals surface area contributed by atoms with Crippen LogP contribution in [0.1, 0.15) is 68.2 Å². The van der Waals surface area contributed by atoms with Gasteiger partial charge in [-0.25, -0.2) is 0 Å². The Morgan fingerprint density at radius 3 is 2.34 bits per heavy atom. The predicted molar refractivity (Wildman–Crippen MR) is 125 cm³/mol. The van der Waals surface area contributed by atoms with Crippen molar-refractivity contribution in [2.45, 2.75) is 57.5 Å². The van der Waals surface area contributed by atoms with E-state index in [0.29, 0.717) is 22.3 Å². The van der Waals surface area contributed by atoms with E-state index in [1.165, 1.54) is 12.7 Å². The molecule has 2 aromatic carbocycles. The summed E-state index contributed by atoms with van der Waals surface area (Å²) >= 11 is 6.13. The number of amides is 1. The first-order valence-corrected chi connectivity index (χ1v) is 11.4. The molecule has 2 aliphatic rings. The topological polar surface area (TPSA) is 66.8 Å². The monoisotopic (exact) mass is 453 g/mol. The smallest absolute Gasteiger partial charge is 0.295 e. The molecule has 0 bridgehead atoms. The van der Waals surface area contributed by atoms with Crippen LogP contribution < -0.4 is 4.74 Å². The van der Waals surface area contributed by atoms with Crippen molar-refractivity contribution in [3.05, 3.63) is 69.8 Å². The van der Waals surface area contributed by atoms with Crippen LogP contribution in [-0.2, 0) is 9.59 Å². The number of ketones is 1. The summed E-state index contributed by atoms with van der Waals surface area (Å²) in [6.07, 6.45) is 3.78. The summed E-state index contributed by atoms with van der Waals surface area (Å²) in [7, 11) is 1.49. The number of Topliss-reactive ketones (excluding diaryl/α,β-unsaturated/α-hetero) is 1. The fourth-order valence-electron chi connectivity index (χ4n) is 4.76. The number of ether oxygens (including phenoxy) is 1. The van der Waals surface area contributed by atoms with Gasteiger partial charge in [0, 0.05) is 11.6 Å². The molecule has 1 amide bonds. The molecule has 0 radical (unpaired) electrons. The average molecular weight is 454 g/mol. The van der Waals surface area contributed by atoms with E-state index in [1.54, 1.807) is 23.1 Å². The second kappa shape index (κ2) is 8.99. The molecular formula is C26H28ClNO4. The molecule has 32 heavy (non-hydrogen) atoms. The molecule has 1 heterocycles. The third-order valence-electron chi connectivity index (χ3n) is 6.54. The predicted octanol–water partition coefficient (Wildman–Crippen LogP) is 5.84. The third-order valence-corrected chi connectivity index (χ3v) is 6.85. The average Bonchev–Trinajstić information content (AvgIpc) is 3.40. The van der Waals surface area contributed by atoms with E-state index in [4.69, 9.17) is 16.3 Å². The Kier molecular flexibility index (Phi) is 6.29. The number of carbonyl (C=O) groups excluding carboxylic acids is 2. The largest absolute Gasteiger partial charge is 0.507 e. The van der Waals surface area contributed by atoms with Gasteiger partial charge in [-0.2, -0.15) is 0 Å². The van der Waals surface area contributed by atoms with Crippen molar-refractivity contribution in [3.8, 4) is 5.75 Å². The lowest BCUT2D eigenvalue weighted by molar-refractivity contribution is -0.141. The Balaban J connectivity index is 1.87. The summed E-state index contributed by atoms with van der Waals surface area (Å²) in [5, 5.41) is 11.6. The van der Waals surface area contributed by atoms with E-state index in [1.807, 2.05) is 24.3 Å². The highest BCUT2D eigenvalue weighted by Gasteiger charge is 2.49. The van der Waals surface area contributed by atoms with Gasteiger partial charge < -0.3 is 14.7 Å². The van der Waals surface area contributed by atoms with Crippen LogP contribution in [0.5, 0.6) is 5.75 Å². The highest BCUT2D eigenvalue weighted by Crippen LogP contribution is 2.44. The number of nitrogens with zero attached hydrogens (tertiary/aromatic N) is 1. The molecule has 1 aliphatic heterocycles. The fourth-order valence-corrected chi connectivity index (χ4v) is 4.96. The Morgan fingerprint density at radius 1 is 1.09 bits per heavy atom. The summed E-state index contributed by atoms with van der Waals surface area (Å²) in [5.41, 5.74) is 2.50. The molecular weight excluding hydrogens is 426 g/mol. The maximum atomic E-state index is 13.2. The highest BCUT2D eigenvalue weighted by molar-refractivity contribution is 6.46. The van der Waals surface area contributed by atoms with Gasteiger partial charge in [0.1, 0.15) is 11.5 Å². The summed E-state index contributed by atoms with van der Waals surface area (Å²) in [5.74, 6) is -0.652. The number of aliphatic hydroxyl groups is 1. The van der Waals surface area contributed by atoms with E-state index in [9.17, 15) is 14.7 Å². The van der Waals surface area contributed by atoms with Gasteiger partial charge in [0.25, 0.3) is 11.7 Å². The lowest BCUT2D eigenvalue weighted by Gasteiger charge is -2.31. The van der Waals surface area contributed by atoms with Gasteiger partial charge in [-0.1, -0.05) is 62.6 Å². The number of likely N-dealkylation sites (tertiary alicyclic amines) is 1. The molecule has 1 atom stereocenters. The van der Waals surface area contributed by atoms with Crippen molar-refractivity contribution in [1.29, 1.82) is 0 Å². The third kappa shape index (κ3) is 3.90. The Morgan fingerprint density at radius 2 is 1.75 bits per heavy atom. The van der Waals surface area contributed by atoms with Gasteiger partial charge in [0.05, 0.1) is 23.7 Å². The van der Waals surface area contributed by atoms with Crippen LogP contribution in [0.2, 0.25) is 5.02 Å². The van der Waals surface area contributed by atoms with E-state index >= 15 is 0 Å². The minimum Gasteiger partial charge on any atom is -0.507 e. The van der Waals surface area contributed by atoms with Crippen LogP contribution in [0.3, 0.4) is 0 Å². The first-order chi connectivity index (χ1) is 15.3. The van der Waals surface area contributed by atoms with Crippen LogP contribution in [-0.4, -0.2) is 34.8 Å². The lowest BCUT2D eigenvalue weighted by Crippen LogP contribution is -2.37. The number of rotatable bonds is 5. The SMILES string of the molecule is COc1cc(/C(O)=C2/C(=O)C(=O)N(C3CCCC3)C2c2ccc(C(C)C)cc2)ccc1Cl. The van der Waals surface area contributed by atoms with Crippen molar-refractivity contribution < 1.29 is 19.4 Å². The van der Waals surface area contributed by atoms with Gasteiger partial charge in [0.2, 0.25) is 0 Å². The fraction of sp³-hybridized carbons (Fsp3) is 0.385. The molecule has 0 aromatic heterocycles. The number of methoxy groups -OCH3 is 1. The van der Waals surface area contributed by atoms with Gasteiger partial charge in [0.15, 0.2) is 0 Å². The zero-order valence-corrected chi connectivity index (χ0v) is 19.4. The number of hydrogen-bond acceptors (Lipinski definition) is 4. The molecule has 4 rings (SSSR count). The first kappa shape index (κ1) is 22.4. The molecule has 1 aliphatic carbocycles. The van der Waals surface area contributed by atoms with Crippen LogP contribution in [0.4, 0.5) is 0 Å². The lowest BCUT2D eigenvalue weighted by atomic mass is 9.92. The van der Waals surface area contributed by atoms with Crippen molar-refractivity contribution >= 4 is 29.1 Å². The summed E-state index contributed by atoms with van der Waals surface area (Å²) in [6.45, 7) is 4.24. The van der Waals surface area contributed by atoms with Crippen LogP contribution in [0.15, 0.2) is 48.0 Å².